The second-order valence-corrected chi connectivity index (χ2v) is 7.22. The molecule has 0 bridgehead atoms. The molecule has 1 rings (SSSR count). The lowest BCUT2D eigenvalue weighted by Gasteiger charge is -2.22. The number of carbonyl (C=O) groups is 2. The van der Waals surface area contributed by atoms with Gasteiger partial charge in [0.25, 0.3) is 0 Å². The molecule has 5 heteroatoms. The first kappa shape index (κ1) is 23.0. The number of aryl methyl sites for hydroxylation is 2. The second kappa shape index (κ2) is 12.4. The van der Waals surface area contributed by atoms with Crippen LogP contribution >= 0.6 is 0 Å². The van der Waals surface area contributed by atoms with E-state index in [1.54, 1.807) is 11.9 Å². The Kier molecular flexibility index (Phi) is 10.5. The van der Waals surface area contributed by atoms with Crippen LogP contribution in [0.5, 0.6) is 5.75 Å². The van der Waals surface area contributed by atoms with E-state index >= 15 is 0 Å². The highest BCUT2D eigenvalue weighted by molar-refractivity contribution is 5.78. The highest BCUT2D eigenvalue weighted by Crippen LogP contribution is 2.16. The van der Waals surface area contributed by atoms with Crippen LogP contribution in [0.25, 0.3) is 0 Å². The lowest BCUT2D eigenvalue weighted by Crippen LogP contribution is -2.33. The van der Waals surface area contributed by atoms with Crippen molar-refractivity contribution >= 4 is 11.8 Å². The predicted molar refractivity (Wildman–Crippen MR) is 110 cm³/mol. The third-order valence-electron chi connectivity index (χ3n) is 4.44. The summed E-state index contributed by atoms with van der Waals surface area (Å²) in [4.78, 5) is 28.1. The Balaban J connectivity index is 2.30. The van der Waals surface area contributed by atoms with Gasteiger partial charge < -0.3 is 14.5 Å². The monoisotopic (exact) mass is 376 g/mol. The highest BCUT2D eigenvalue weighted by atomic mass is 16.5. The van der Waals surface area contributed by atoms with Crippen LogP contribution in [0.3, 0.4) is 0 Å². The SMILES string of the molecule is CCCN(CCC)C(=O)CCCC(=O)N(C)CCOc1cc(C)cc(C)c1. The van der Waals surface area contributed by atoms with Gasteiger partial charge in [-0.1, -0.05) is 19.9 Å². The molecule has 5 nitrogen and oxygen atoms in total. The van der Waals surface area contributed by atoms with E-state index in [1.165, 1.54) is 11.1 Å². The molecule has 0 saturated heterocycles. The van der Waals surface area contributed by atoms with Crippen molar-refractivity contribution in [2.45, 2.75) is 59.8 Å². The molecule has 0 atom stereocenters. The molecule has 152 valence electrons. The molecule has 0 aliphatic heterocycles. The van der Waals surface area contributed by atoms with Crippen molar-refractivity contribution in [2.24, 2.45) is 0 Å². The van der Waals surface area contributed by atoms with Gasteiger partial charge in [-0.25, -0.2) is 0 Å². The lowest BCUT2D eigenvalue weighted by atomic mass is 10.1. The Labute approximate surface area is 164 Å². The summed E-state index contributed by atoms with van der Waals surface area (Å²) in [5, 5.41) is 0. The van der Waals surface area contributed by atoms with E-state index in [1.807, 2.05) is 30.9 Å². The van der Waals surface area contributed by atoms with E-state index in [0.29, 0.717) is 32.4 Å². The van der Waals surface area contributed by atoms with Crippen molar-refractivity contribution in [3.8, 4) is 5.75 Å². The number of rotatable bonds is 12. The van der Waals surface area contributed by atoms with Gasteiger partial charge >= 0.3 is 0 Å². The summed E-state index contributed by atoms with van der Waals surface area (Å²) in [6.45, 7) is 10.8. The molecule has 0 aliphatic carbocycles. The van der Waals surface area contributed by atoms with Crippen LogP contribution in [-0.4, -0.2) is 54.9 Å². The quantitative estimate of drug-likeness (QED) is 0.555. The number of nitrogens with zero attached hydrogens (tertiary/aromatic N) is 2. The van der Waals surface area contributed by atoms with E-state index in [9.17, 15) is 9.59 Å². The van der Waals surface area contributed by atoms with Gasteiger partial charge in [-0.2, -0.15) is 0 Å². The Morgan fingerprint density at radius 2 is 1.44 bits per heavy atom. The van der Waals surface area contributed by atoms with Crippen LogP contribution in [0.4, 0.5) is 0 Å². The molecule has 0 aromatic heterocycles. The minimum atomic E-state index is 0.0596. The zero-order valence-electron chi connectivity index (χ0n) is 17.7. The second-order valence-electron chi connectivity index (χ2n) is 7.22. The Hall–Kier alpha value is -2.04. The summed E-state index contributed by atoms with van der Waals surface area (Å²) >= 11 is 0. The Morgan fingerprint density at radius 3 is 2.00 bits per heavy atom. The number of benzene rings is 1. The van der Waals surface area contributed by atoms with Crippen molar-refractivity contribution in [3.05, 3.63) is 29.3 Å². The summed E-state index contributed by atoms with van der Waals surface area (Å²) in [5.74, 6) is 1.06. The molecular weight excluding hydrogens is 340 g/mol. The van der Waals surface area contributed by atoms with E-state index in [2.05, 4.69) is 19.9 Å². The van der Waals surface area contributed by atoms with Crippen LogP contribution in [0.2, 0.25) is 0 Å². The lowest BCUT2D eigenvalue weighted by molar-refractivity contribution is -0.132. The number of ether oxygens (including phenoxy) is 1. The Bertz CT molecular complexity index is 575. The van der Waals surface area contributed by atoms with Crippen LogP contribution in [-0.2, 0) is 9.59 Å². The molecule has 0 fully saturated rings. The molecule has 0 radical (unpaired) electrons. The standard InChI is InChI=1S/C22H36N2O3/c1-6-11-24(12-7-2)22(26)10-8-9-21(25)23(5)13-14-27-20-16-18(3)15-19(4)17-20/h15-17H,6-14H2,1-5H3. The molecule has 0 saturated carbocycles. The van der Waals surface area contributed by atoms with Crippen molar-refractivity contribution in [1.82, 2.24) is 9.80 Å². The molecule has 2 amide bonds. The molecule has 0 heterocycles. The Morgan fingerprint density at radius 1 is 0.889 bits per heavy atom. The first-order chi connectivity index (χ1) is 12.9. The smallest absolute Gasteiger partial charge is 0.222 e. The van der Waals surface area contributed by atoms with E-state index in [4.69, 9.17) is 4.74 Å². The normalized spacial score (nSPS) is 10.6. The van der Waals surface area contributed by atoms with Crippen molar-refractivity contribution in [3.63, 3.8) is 0 Å². The maximum absolute atomic E-state index is 12.2. The van der Waals surface area contributed by atoms with E-state index in [0.717, 1.165) is 31.7 Å². The third kappa shape index (κ3) is 8.94. The van der Waals surface area contributed by atoms with Crippen LogP contribution < -0.4 is 4.74 Å². The average molecular weight is 377 g/mol. The van der Waals surface area contributed by atoms with Crippen LogP contribution in [0.15, 0.2) is 18.2 Å². The van der Waals surface area contributed by atoms with Crippen molar-refractivity contribution in [2.75, 3.05) is 33.3 Å². The fourth-order valence-corrected chi connectivity index (χ4v) is 3.08. The largest absolute Gasteiger partial charge is 0.492 e. The number of hydrogen-bond donors (Lipinski definition) is 0. The molecule has 0 aliphatic rings. The molecule has 27 heavy (non-hydrogen) atoms. The molecule has 1 aromatic rings. The fourth-order valence-electron chi connectivity index (χ4n) is 3.08. The molecule has 0 spiro atoms. The summed E-state index contributed by atoms with van der Waals surface area (Å²) in [6, 6.07) is 6.10. The minimum absolute atomic E-state index is 0.0596. The molecule has 0 N–H and O–H groups in total. The fraction of sp³-hybridized carbons (Fsp3) is 0.636. The predicted octanol–water partition coefficient (Wildman–Crippen LogP) is 3.96. The first-order valence-electron chi connectivity index (χ1n) is 10.1. The minimum Gasteiger partial charge on any atom is -0.492 e. The van der Waals surface area contributed by atoms with Crippen molar-refractivity contribution in [1.29, 1.82) is 0 Å². The van der Waals surface area contributed by atoms with Crippen LogP contribution in [0.1, 0.15) is 57.1 Å². The zero-order valence-corrected chi connectivity index (χ0v) is 17.7. The van der Waals surface area contributed by atoms with Gasteiger partial charge in [0.15, 0.2) is 0 Å². The van der Waals surface area contributed by atoms with Gasteiger partial charge in [-0.3, -0.25) is 9.59 Å². The van der Waals surface area contributed by atoms with Gasteiger partial charge in [0.05, 0.1) is 6.54 Å². The van der Waals surface area contributed by atoms with E-state index < -0.39 is 0 Å². The number of amides is 2. The van der Waals surface area contributed by atoms with Gasteiger partial charge in [0.1, 0.15) is 12.4 Å². The number of carbonyl (C=O) groups excluding carboxylic acids is 2. The van der Waals surface area contributed by atoms with Gasteiger partial charge in [-0.15, -0.1) is 0 Å². The van der Waals surface area contributed by atoms with Gasteiger partial charge in [0.2, 0.25) is 11.8 Å². The summed E-state index contributed by atoms with van der Waals surface area (Å²) in [6.07, 6.45) is 3.38. The number of hydrogen-bond acceptors (Lipinski definition) is 3. The molecule has 0 unspecified atom stereocenters. The third-order valence-corrected chi connectivity index (χ3v) is 4.44. The van der Waals surface area contributed by atoms with E-state index in [-0.39, 0.29) is 11.8 Å². The van der Waals surface area contributed by atoms with Crippen LogP contribution in [0, 0.1) is 13.8 Å². The summed E-state index contributed by atoms with van der Waals surface area (Å²) in [7, 11) is 1.79. The first-order valence-corrected chi connectivity index (χ1v) is 10.1. The summed E-state index contributed by atoms with van der Waals surface area (Å²) in [5.41, 5.74) is 2.33. The van der Waals surface area contributed by atoms with Gasteiger partial charge in [-0.05, 0) is 56.4 Å². The maximum atomic E-state index is 12.2. The number of likely N-dealkylation sites (N-methyl/N-ethyl adjacent to an activating group) is 1. The highest BCUT2D eigenvalue weighted by Gasteiger charge is 2.14. The average Bonchev–Trinajstić information content (AvgIpc) is 2.60. The van der Waals surface area contributed by atoms with Crippen molar-refractivity contribution < 1.29 is 14.3 Å². The van der Waals surface area contributed by atoms with Gasteiger partial charge in [0, 0.05) is 33.0 Å². The molecule has 1 aromatic carbocycles. The summed E-state index contributed by atoms with van der Waals surface area (Å²) < 4.78 is 5.76. The molecular formula is C22H36N2O3. The zero-order chi connectivity index (χ0) is 20.2. The topological polar surface area (TPSA) is 49.9 Å². The maximum Gasteiger partial charge on any atom is 0.222 e.